The molecule has 0 aliphatic carbocycles. The van der Waals surface area contributed by atoms with Crippen LogP contribution in [-0.2, 0) is 44.7 Å². The topological polar surface area (TPSA) is 181 Å². The fourth-order valence-electron chi connectivity index (χ4n) is 6.37. The molecule has 296 valence electrons. The van der Waals surface area contributed by atoms with E-state index in [1.54, 1.807) is 52.0 Å². The van der Waals surface area contributed by atoms with E-state index in [0.29, 0.717) is 36.1 Å². The molecule has 2 aliphatic rings. The number of cyclic esters (lactones) is 2. The number of carbonyl (C=O) groups excluding carboxylic acids is 6. The number of likely N-dealkylation sites (N-methyl/N-ethyl adjacent to an activating group) is 1. The Balaban J connectivity index is 2.12. The second-order valence-corrected chi connectivity index (χ2v) is 14.6. The van der Waals surface area contributed by atoms with Crippen molar-refractivity contribution in [1.82, 2.24) is 20.4 Å². The van der Waals surface area contributed by atoms with Gasteiger partial charge >= 0.3 is 11.9 Å². The Kier molecular flexibility index (Phi) is 15.6. The summed E-state index contributed by atoms with van der Waals surface area (Å²) in [5.74, 6) is -4.77. The number of benzene rings is 1. The highest BCUT2D eigenvalue weighted by Gasteiger charge is 2.42. The van der Waals surface area contributed by atoms with Crippen LogP contribution in [0.15, 0.2) is 60.0 Å². The maximum atomic E-state index is 14.3. The number of aliphatic hydroxyl groups excluding tert-OH is 1. The van der Waals surface area contributed by atoms with Crippen LogP contribution in [0, 0.1) is 11.8 Å². The minimum absolute atomic E-state index is 0.00191. The first kappa shape index (κ1) is 43.4. The summed E-state index contributed by atoms with van der Waals surface area (Å²) in [6.07, 6.45) is -2.04. The van der Waals surface area contributed by atoms with Gasteiger partial charge in [-0.15, -0.1) is 0 Å². The van der Waals surface area contributed by atoms with E-state index in [-0.39, 0.29) is 36.6 Å². The lowest BCUT2D eigenvalue weighted by atomic mass is 10.00. The molecule has 5 atom stereocenters. The number of hydrogen-bond donors (Lipinski definition) is 3. The van der Waals surface area contributed by atoms with Crippen molar-refractivity contribution in [2.24, 2.45) is 11.8 Å². The number of methoxy groups -OCH3 is 1. The zero-order valence-electron chi connectivity index (χ0n) is 32.7. The van der Waals surface area contributed by atoms with Gasteiger partial charge in [-0.2, -0.15) is 0 Å². The number of esters is 2. The number of nitrogens with zero attached hydrogens (tertiary/aromatic N) is 2. The van der Waals surface area contributed by atoms with Crippen molar-refractivity contribution in [2.45, 2.75) is 110 Å². The Labute approximate surface area is 317 Å². The minimum Gasteiger partial charge on any atom is -0.497 e. The standard InChI is InChI=1S/C40H56N4O10/c1-11-24(6)34-32(45)21-33(46)54-35(23(4)5)37(48)41-29(19-22(2)3)38(49)44-18-12-13-30(44)39(50)43(9)31(20-27-14-16-28(52-10)17-15-27)40(51)53-26(8)25(7)36(47)42-34/h14-17,22-23,29-32,35,45H,7-8,11-13,18-21H2,1-6,9-10H3,(H,41,48)(H,42,47)/b34-24+/t29-,30-,31-,32-,35-/m0/s1. The van der Waals surface area contributed by atoms with Crippen LogP contribution in [0.4, 0.5) is 0 Å². The van der Waals surface area contributed by atoms with Crippen molar-refractivity contribution in [3.8, 4) is 5.75 Å². The summed E-state index contributed by atoms with van der Waals surface area (Å²) in [4.78, 5) is 85.4. The zero-order valence-corrected chi connectivity index (χ0v) is 32.7. The molecule has 2 heterocycles. The molecule has 3 N–H and O–H groups in total. The third-order valence-electron chi connectivity index (χ3n) is 9.71. The lowest BCUT2D eigenvalue weighted by molar-refractivity contribution is -0.161. The highest BCUT2D eigenvalue weighted by atomic mass is 16.6. The average Bonchev–Trinajstić information content (AvgIpc) is 3.62. The summed E-state index contributed by atoms with van der Waals surface area (Å²) >= 11 is 0. The number of allylic oxidation sites excluding steroid dienone is 1. The number of rotatable bonds is 7. The number of aliphatic hydroxyl groups is 1. The monoisotopic (exact) mass is 752 g/mol. The van der Waals surface area contributed by atoms with Crippen molar-refractivity contribution in [1.29, 1.82) is 0 Å². The van der Waals surface area contributed by atoms with Crippen molar-refractivity contribution in [2.75, 3.05) is 20.7 Å². The number of carbonyl (C=O) groups is 6. The molecule has 4 amide bonds. The SMILES string of the molecule is C=C1OC(=O)[C@H](Cc2ccc(OC)cc2)N(C)C(=O)[C@@H]2CCCN2C(=O)[C@H](CC(C)C)NC(=O)[C@H](C(C)C)OC(=O)C[C@H](O)/C(=C(/C)CC)NC(=O)C1=C. The third-order valence-corrected chi connectivity index (χ3v) is 9.71. The maximum Gasteiger partial charge on any atom is 0.334 e. The molecule has 3 rings (SSSR count). The van der Waals surface area contributed by atoms with Gasteiger partial charge in [0.1, 0.15) is 35.7 Å². The second-order valence-electron chi connectivity index (χ2n) is 14.6. The number of fused-ring (bicyclic) bond motifs is 1. The van der Waals surface area contributed by atoms with E-state index in [0.717, 1.165) is 0 Å². The molecule has 0 bridgehead atoms. The van der Waals surface area contributed by atoms with Gasteiger partial charge in [-0.25, -0.2) is 4.79 Å². The van der Waals surface area contributed by atoms with E-state index < -0.39 is 84.0 Å². The van der Waals surface area contributed by atoms with Crippen molar-refractivity contribution in [3.05, 3.63) is 65.6 Å². The Bertz CT molecular complexity index is 1630. The van der Waals surface area contributed by atoms with Crippen LogP contribution in [0.1, 0.15) is 79.2 Å². The van der Waals surface area contributed by atoms with Gasteiger partial charge in [0, 0.05) is 25.7 Å². The predicted octanol–water partition coefficient (Wildman–Crippen LogP) is 3.33. The van der Waals surface area contributed by atoms with E-state index in [1.165, 1.54) is 24.0 Å². The first-order valence-electron chi connectivity index (χ1n) is 18.4. The number of nitrogens with one attached hydrogen (secondary N) is 2. The van der Waals surface area contributed by atoms with E-state index in [4.69, 9.17) is 14.2 Å². The molecule has 1 aromatic carbocycles. The van der Waals surface area contributed by atoms with Gasteiger partial charge in [0.25, 0.3) is 11.8 Å². The molecule has 0 aromatic heterocycles. The number of hydrogen-bond acceptors (Lipinski definition) is 10. The van der Waals surface area contributed by atoms with Gasteiger partial charge in [-0.1, -0.05) is 65.5 Å². The normalized spacial score (nSPS) is 25.5. The number of ether oxygens (including phenoxy) is 3. The minimum atomic E-state index is -1.55. The molecule has 14 nitrogen and oxygen atoms in total. The predicted molar refractivity (Wildman–Crippen MR) is 200 cm³/mol. The lowest BCUT2D eigenvalue weighted by Crippen LogP contribution is -2.57. The first-order valence-corrected chi connectivity index (χ1v) is 18.4. The summed E-state index contributed by atoms with van der Waals surface area (Å²) in [6, 6.07) is 3.66. The molecule has 14 heteroatoms. The molecule has 2 saturated heterocycles. The second kappa shape index (κ2) is 19.4. The summed E-state index contributed by atoms with van der Waals surface area (Å²) in [7, 11) is 2.97. The lowest BCUT2D eigenvalue weighted by Gasteiger charge is -2.34. The molecular formula is C40H56N4O10. The summed E-state index contributed by atoms with van der Waals surface area (Å²) in [5, 5.41) is 16.5. The van der Waals surface area contributed by atoms with Crippen LogP contribution in [0.5, 0.6) is 5.75 Å². The highest BCUT2D eigenvalue weighted by molar-refractivity contribution is 5.99. The summed E-state index contributed by atoms with van der Waals surface area (Å²) in [6.45, 7) is 18.3. The van der Waals surface area contributed by atoms with Gasteiger partial charge in [-0.05, 0) is 62.1 Å². The molecule has 0 unspecified atom stereocenters. The van der Waals surface area contributed by atoms with Crippen LogP contribution in [0.3, 0.4) is 0 Å². The largest absolute Gasteiger partial charge is 0.497 e. The smallest absolute Gasteiger partial charge is 0.334 e. The highest BCUT2D eigenvalue weighted by Crippen LogP contribution is 2.25. The van der Waals surface area contributed by atoms with Crippen LogP contribution in [0.25, 0.3) is 0 Å². The quantitative estimate of drug-likeness (QED) is 0.276. The van der Waals surface area contributed by atoms with Crippen LogP contribution in [-0.4, -0.2) is 102 Å². The zero-order chi connectivity index (χ0) is 40.4. The van der Waals surface area contributed by atoms with Crippen LogP contribution >= 0.6 is 0 Å². The molecule has 54 heavy (non-hydrogen) atoms. The van der Waals surface area contributed by atoms with E-state index >= 15 is 0 Å². The van der Waals surface area contributed by atoms with Crippen molar-refractivity contribution in [3.63, 3.8) is 0 Å². The maximum absolute atomic E-state index is 14.3. The summed E-state index contributed by atoms with van der Waals surface area (Å²) < 4.78 is 16.4. The Hall–Kier alpha value is -4.98. The third kappa shape index (κ3) is 11.0. The average molecular weight is 753 g/mol. The first-order chi connectivity index (χ1) is 25.4. The van der Waals surface area contributed by atoms with Gasteiger partial charge in [-0.3, -0.25) is 24.0 Å². The Morgan fingerprint density at radius 2 is 1.69 bits per heavy atom. The fourth-order valence-corrected chi connectivity index (χ4v) is 6.37. The van der Waals surface area contributed by atoms with Crippen LogP contribution < -0.4 is 15.4 Å². The molecule has 2 fully saturated rings. The van der Waals surface area contributed by atoms with Gasteiger partial charge < -0.3 is 39.8 Å². The van der Waals surface area contributed by atoms with E-state index in [1.807, 2.05) is 13.8 Å². The molecule has 0 spiro atoms. The Morgan fingerprint density at radius 1 is 1.04 bits per heavy atom. The van der Waals surface area contributed by atoms with Crippen molar-refractivity contribution < 1.29 is 48.1 Å². The van der Waals surface area contributed by atoms with E-state index in [9.17, 15) is 33.9 Å². The van der Waals surface area contributed by atoms with Gasteiger partial charge in [0.05, 0.1) is 19.1 Å². The number of amides is 4. The molecule has 0 saturated carbocycles. The van der Waals surface area contributed by atoms with Crippen LogP contribution in [0.2, 0.25) is 0 Å². The summed E-state index contributed by atoms with van der Waals surface area (Å²) in [5.41, 5.74) is 0.857. The molecular weight excluding hydrogens is 696 g/mol. The van der Waals surface area contributed by atoms with E-state index in [2.05, 4.69) is 23.8 Å². The Morgan fingerprint density at radius 3 is 2.26 bits per heavy atom. The molecule has 1 aromatic rings. The molecule has 0 radical (unpaired) electrons. The molecule has 2 aliphatic heterocycles. The fraction of sp³-hybridized carbons (Fsp3) is 0.550. The van der Waals surface area contributed by atoms with Crippen molar-refractivity contribution >= 4 is 35.6 Å². The van der Waals surface area contributed by atoms with Gasteiger partial charge in [0.15, 0.2) is 6.10 Å². The van der Waals surface area contributed by atoms with Gasteiger partial charge in [0.2, 0.25) is 11.8 Å².